The number of amides is 2. The van der Waals surface area contributed by atoms with Gasteiger partial charge in [0.05, 0.1) is 5.92 Å². The van der Waals surface area contributed by atoms with Crippen LogP contribution >= 0.6 is 0 Å². The Bertz CT molecular complexity index is 851. The van der Waals surface area contributed by atoms with E-state index in [-0.39, 0.29) is 31.5 Å². The van der Waals surface area contributed by atoms with Crippen molar-refractivity contribution >= 4 is 23.7 Å². The first-order valence-electron chi connectivity index (χ1n) is 9.00. The van der Waals surface area contributed by atoms with E-state index in [1.165, 1.54) is 11.8 Å². The van der Waals surface area contributed by atoms with E-state index in [0.717, 1.165) is 11.1 Å². The molecule has 2 aromatic rings. The monoisotopic (exact) mass is 382 g/mol. The van der Waals surface area contributed by atoms with Gasteiger partial charge in [-0.3, -0.25) is 9.59 Å². The molecule has 0 aromatic heterocycles. The number of hydrogen-bond acceptors (Lipinski definition) is 4. The zero-order valence-electron chi connectivity index (χ0n) is 15.5. The minimum absolute atomic E-state index is 0.0983. The normalized spacial score (nSPS) is 18.5. The van der Waals surface area contributed by atoms with Crippen LogP contribution in [0.2, 0.25) is 0 Å². The molecule has 3 rings (SSSR count). The molecular formula is C21H22N2O5. The molecule has 2 atom stereocenters. The summed E-state index contributed by atoms with van der Waals surface area (Å²) < 4.78 is 5.33. The molecule has 0 saturated carbocycles. The first kappa shape index (κ1) is 19.4. The molecule has 7 nitrogen and oxygen atoms in total. The number of anilines is 1. The minimum Gasteiger partial charge on any atom is -0.481 e. The van der Waals surface area contributed by atoms with Gasteiger partial charge < -0.3 is 20.1 Å². The van der Waals surface area contributed by atoms with Crippen molar-refractivity contribution in [1.82, 2.24) is 4.90 Å². The highest BCUT2D eigenvalue weighted by atomic mass is 16.6. The van der Waals surface area contributed by atoms with E-state index in [1.54, 1.807) is 24.3 Å². The van der Waals surface area contributed by atoms with E-state index in [0.29, 0.717) is 5.69 Å². The zero-order valence-corrected chi connectivity index (χ0v) is 15.5. The zero-order chi connectivity index (χ0) is 20.1. The Hall–Kier alpha value is -3.35. The Morgan fingerprint density at radius 3 is 2.36 bits per heavy atom. The third-order valence-corrected chi connectivity index (χ3v) is 4.76. The van der Waals surface area contributed by atoms with Crippen molar-refractivity contribution in [3.8, 4) is 0 Å². The van der Waals surface area contributed by atoms with Gasteiger partial charge in [0, 0.05) is 31.6 Å². The lowest BCUT2D eigenvalue weighted by Gasteiger charge is -2.17. The summed E-state index contributed by atoms with van der Waals surface area (Å²) in [5.41, 5.74) is 2.31. The first-order chi connectivity index (χ1) is 13.4. The van der Waals surface area contributed by atoms with Gasteiger partial charge in [0.2, 0.25) is 5.91 Å². The van der Waals surface area contributed by atoms with E-state index in [1.807, 2.05) is 30.3 Å². The van der Waals surface area contributed by atoms with Crippen LogP contribution in [0.25, 0.3) is 0 Å². The number of nitrogens with zero attached hydrogens (tertiary/aromatic N) is 1. The number of carboxylic acids is 1. The fraction of sp³-hybridized carbons (Fsp3) is 0.286. The lowest BCUT2D eigenvalue weighted by atomic mass is 9.89. The van der Waals surface area contributed by atoms with E-state index >= 15 is 0 Å². The Labute approximate surface area is 162 Å². The summed E-state index contributed by atoms with van der Waals surface area (Å²) in [5.74, 6) is -2.18. The predicted molar refractivity (Wildman–Crippen MR) is 103 cm³/mol. The lowest BCUT2D eigenvalue weighted by molar-refractivity contribution is -0.141. The average Bonchev–Trinajstić information content (AvgIpc) is 3.13. The molecule has 28 heavy (non-hydrogen) atoms. The van der Waals surface area contributed by atoms with Gasteiger partial charge in [-0.15, -0.1) is 0 Å². The average molecular weight is 382 g/mol. The highest BCUT2D eigenvalue weighted by Crippen LogP contribution is 2.34. The first-order valence-corrected chi connectivity index (χ1v) is 9.00. The molecule has 7 heteroatoms. The molecule has 0 radical (unpaired) electrons. The van der Waals surface area contributed by atoms with Gasteiger partial charge in [-0.05, 0) is 23.3 Å². The molecular weight excluding hydrogens is 360 g/mol. The minimum atomic E-state index is -0.950. The second-order valence-electron chi connectivity index (χ2n) is 6.80. The van der Waals surface area contributed by atoms with Crippen molar-refractivity contribution in [3.05, 3.63) is 65.7 Å². The molecule has 2 aromatic carbocycles. The van der Waals surface area contributed by atoms with Crippen LogP contribution in [0, 0.1) is 5.92 Å². The van der Waals surface area contributed by atoms with Crippen molar-refractivity contribution in [2.24, 2.45) is 5.92 Å². The Kier molecular flexibility index (Phi) is 5.93. The van der Waals surface area contributed by atoms with Crippen molar-refractivity contribution in [2.75, 3.05) is 18.4 Å². The quantitative estimate of drug-likeness (QED) is 0.828. The summed E-state index contributed by atoms with van der Waals surface area (Å²) in [7, 11) is 0. The SMILES string of the molecule is CC(=O)Nc1ccc(C2CN(C(=O)OCc3ccccc3)CC2C(=O)O)cc1. The second-order valence-corrected chi connectivity index (χ2v) is 6.80. The Morgan fingerprint density at radius 2 is 1.75 bits per heavy atom. The molecule has 1 aliphatic heterocycles. The Morgan fingerprint density at radius 1 is 1.07 bits per heavy atom. The fourth-order valence-electron chi connectivity index (χ4n) is 3.37. The summed E-state index contributed by atoms with van der Waals surface area (Å²) in [5, 5.41) is 12.3. The van der Waals surface area contributed by atoms with Gasteiger partial charge >= 0.3 is 12.1 Å². The van der Waals surface area contributed by atoms with Crippen LogP contribution in [0.5, 0.6) is 0 Å². The van der Waals surface area contributed by atoms with Crippen molar-refractivity contribution in [2.45, 2.75) is 19.4 Å². The summed E-state index contributed by atoms with van der Waals surface area (Å²) in [6, 6.07) is 16.3. The van der Waals surface area contributed by atoms with Crippen LogP contribution in [-0.4, -0.2) is 41.1 Å². The number of nitrogens with one attached hydrogen (secondary N) is 1. The third-order valence-electron chi connectivity index (χ3n) is 4.76. The number of hydrogen-bond donors (Lipinski definition) is 2. The number of carbonyl (C=O) groups is 3. The molecule has 1 heterocycles. The molecule has 1 saturated heterocycles. The maximum atomic E-state index is 12.4. The van der Waals surface area contributed by atoms with E-state index in [2.05, 4.69) is 5.32 Å². The van der Waals surface area contributed by atoms with E-state index in [4.69, 9.17) is 4.74 Å². The third kappa shape index (κ3) is 4.68. The summed E-state index contributed by atoms with van der Waals surface area (Å²) in [6.45, 7) is 1.93. The summed E-state index contributed by atoms with van der Waals surface area (Å²) in [4.78, 5) is 36.7. The molecule has 0 aliphatic carbocycles. The Balaban J connectivity index is 1.67. The highest BCUT2D eigenvalue weighted by Gasteiger charge is 2.41. The van der Waals surface area contributed by atoms with Crippen molar-refractivity contribution < 1.29 is 24.2 Å². The van der Waals surface area contributed by atoms with Crippen molar-refractivity contribution in [3.63, 3.8) is 0 Å². The summed E-state index contributed by atoms with van der Waals surface area (Å²) in [6.07, 6.45) is -0.521. The molecule has 0 spiro atoms. The van der Waals surface area contributed by atoms with E-state index < -0.39 is 18.0 Å². The molecule has 1 fully saturated rings. The van der Waals surface area contributed by atoms with Crippen LogP contribution in [0.4, 0.5) is 10.5 Å². The van der Waals surface area contributed by atoms with E-state index in [9.17, 15) is 19.5 Å². The molecule has 2 amide bonds. The molecule has 146 valence electrons. The topological polar surface area (TPSA) is 95.9 Å². The van der Waals surface area contributed by atoms with Gasteiger partial charge in [-0.1, -0.05) is 42.5 Å². The number of aliphatic carboxylic acids is 1. The number of likely N-dealkylation sites (tertiary alicyclic amines) is 1. The molecule has 0 bridgehead atoms. The maximum absolute atomic E-state index is 12.4. The standard InChI is InChI=1S/C21H22N2O5/c1-14(24)22-17-9-7-16(8-10-17)18-11-23(12-19(18)20(25)26)21(27)28-13-15-5-3-2-4-6-15/h2-10,18-19H,11-13H2,1H3,(H,22,24)(H,25,26). The lowest BCUT2D eigenvalue weighted by Crippen LogP contribution is -2.30. The van der Waals surface area contributed by atoms with Crippen LogP contribution in [-0.2, 0) is 20.9 Å². The number of carbonyl (C=O) groups excluding carboxylic acids is 2. The van der Waals surface area contributed by atoms with Crippen LogP contribution in [0.3, 0.4) is 0 Å². The number of benzene rings is 2. The maximum Gasteiger partial charge on any atom is 0.410 e. The number of rotatable bonds is 5. The van der Waals surface area contributed by atoms with Gasteiger partial charge in [0.1, 0.15) is 6.61 Å². The second kappa shape index (κ2) is 8.56. The summed E-state index contributed by atoms with van der Waals surface area (Å²) >= 11 is 0. The van der Waals surface area contributed by atoms with Crippen LogP contribution in [0.15, 0.2) is 54.6 Å². The van der Waals surface area contributed by atoms with Gasteiger partial charge in [-0.25, -0.2) is 4.79 Å². The molecule has 2 unspecified atom stereocenters. The van der Waals surface area contributed by atoms with Crippen molar-refractivity contribution in [1.29, 1.82) is 0 Å². The number of ether oxygens (including phenoxy) is 1. The number of carboxylic acid groups (broad SMARTS) is 1. The highest BCUT2D eigenvalue weighted by molar-refractivity contribution is 5.88. The van der Waals surface area contributed by atoms with Crippen LogP contribution in [0.1, 0.15) is 24.0 Å². The smallest absolute Gasteiger partial charge is 0.410 e. The van der Waals surface area contributed by atoms with Gasteiger partial charge in [-0.2, -0.15) is 0 Å². The predicted octanol–water partition coefficient (Wildman–Crippen LogP) is 3.08. The largest absolute Gasteiger partial charge is 0.481 e. The van der Waals surface area contributed by atoms with Gasteiger partial charge in [0.15, 0.2) is 0 Å². The van der Waals surface area contributed by atoms with Gasteiger partial charge in [0.25, 0.3) is 0 Å². The molecule has 1 aliphatic rings. The van der Waals surface area contributed by atoms with Crippen LogP contribution < -0.4 is 5.32 Å². The molecule has 2 N–H and O–H groups in total. The fourth-order valence-corrected chi connectivity index (χ4v) is 3.37.